The van der Waals surface area contributed by atoms with Crippen molar-refractivity contribution >= 4 is 11.9 Å². The van der Waals surface area contributed by atoms with E-state index in [1.54, 1.807) is 6.92 Å². The van der Waals surface area contributed by atoms with Crippen LogP contribution in [0.1, 0.15) is 17.9 Å². The Labute approximate surface area is 111 Å². The number of hydrogen-bond acceptors (Lipinski definition) is 5. The Morgan fingerprint density at radius 1 is 1.37 bits per heavy atom. The number of nitrogens with two attached hydrogens (primary N) is 1. The first-order chi connectivity index (χ1) is 9.15. The number of carbonyl (C=O) groups excluding carboxylic acids is 1. The van der Waals surface area contributed by atoms with Crippen LogP contribution >= 0.6 is 0 Å². The summed E-state index contributed by atoms with van der Waals surface area (Å²) in [5.74, 6) is 0.0766. The van der Waals surface area contributed by atoms with Crippen LogP contribution in [0, 0.1) is 6.92 Å². The molecule has 2 aromatic rings. The zero-order valence-corrected chi connectivity index (χ0v) is 10.7. The van der Waals surface area contributed by atoms with Gasteiger partial charge in [0, 0.05) is 6.92 Å². The summed E-state index contributed by atoms with van der Waals surface area (Å²) in [4.78, 5) is 11.8. The van der Waals surface area contributed by atoms with E-state index in [9.17, 15) is 4.79 Å². The predicted octanol–water partition coefficient (Wildman–Crippen LogP) is 1.28. The highest BCUT2D eigenvalue weighted by Gasteiger charge is 2.15. The van der Waals surface area contributed by atoms with Crippen LogP contribution in [-0.2, 0) is 11.2 Å². The Balaban J connectivity index is 1.82. The zero-order chi connectivity index (χ0) is 13.7. The van der Waals surface area contributed by atoms with Crippen molar-refractivity contribution in [3.8, 4) is 0 Å². The van der Waals surface area contributed by atoms with Crippen LogP contribution in [0.3, 0.4) is 0 Å². The van der Waals surface area contributed by atoms with Gasteiger partial charge in [0.15, 0.2) is 0 Å². The van der Waals surface area contributed by atoms with E-state index in [4.69, 9.17) is 10.2 Å². The van der Waals surface area contributed by atoms with Gasteiger partial charge < -0.3 is 10.2 Å². The van der Waals surface area contributed by atoms with E-state index < -0.39 is 6.04 Å². The second-order valence-electron chi connectivity index (χ2n) is 4.25. The van der Waals surface area contributed by atoms with Crippen LogP contribution in [0.4, 0.5) is 6.01 Å². The smallest absolute Gasteiger partial charge is 0.322 e. The largest absolute Gasteiger partial charge is 0.408 e. The molecule has 0 radical (unpaired) electrons. The SMILES string of the molecule is Cc1nnc(NC(=O)C(N)CCc2ccccc2)o1. The van der Waals surface area contributed by atoms with Gasteiger partial charge in [0.2, 0.25) is 11.8 Å². The number of hydrogen-bond donors (Lipinski definition) is 2. The van der Waals surface area contributed by atoms with Gasteiger partial charge in [-0.15, -0.1) is 5.10 Å². The van der Waals surface area contributed by atoms with Gasteiger partial charge in [-0.3, -0.25) is 10.1 Å². The van der Waals surface area contributed by atoms with E-state index in [0.717, 1.165) is 12.0 Å². The minimum absolute atomic E-state index is 0.0812. The molecule has 6 heteroatoms. The Kier molecular flexibility index (Phi) is 4.25. The number of amides is 1. The maximum Gasteiger partial charge on any atom is 0.322 e. The number of benzene rings is 1. The summed E-state index contributed by atoms with van der Waals surface area (Å²) in [6.45, 7) is 1.65. The number of nitrogens with one attached hydrogen (secondary N) is 1. The van der Waals surface area contributed by atoms with Crippen LogP contribution in [0.5, 0.6) is 0 Å². The maximum absolute atomic E-state index is 11.8. The Bertz CT molecular complexity index is 539. The summed E-state index contributed by atoms with van der Waals surface area (Å²) in [5.41, 5.74) is 6.97. The van der Waals surface area contributed by atoms with E-state index in [-0.39, 0.29) is 11.9 Å². The van der Waals surface area contributed by atoms with Gasteiger partial charge in [-0.25, -0.2) is 0 Å². The minimum Gasteiger partial charge on any atom is -0.408 e. The third-order valence-electron chi connectivity index (χ3n) is 2.68. The molecule has 0 aliphatic heterocycles. The van der Waals surface area contributed by atoms with Crippen LogP contribution in [0.15, 0.2) is 34.7 Å². The lowest BCUT2D eigenvalue weighted by molar-refractivity contribution is -0.117. The lowest BCUT2D eigenvalue weighted by Crippen LogP contribution is -2.36. The first-order valence-corrected chi connectivity index (χ1v) is 6.05. The third-order valence-corrected chi connectivity index (χ3v) is 2.68. The van der Waals surface area contributed by atoms with Crippen molar-refractivity contribution in [2.45, 2.75) is 25.8 Å². The van der Waals surface area contributed by atoms with Gasteiger partial charge in [0.05, 0.1) is 6.04 Å². The lowest BCUT2D eigenvalue weighted by atomic mass is 10.1. The van der Waals surface area contributed by atoms with Gasteiger partial charge in [0.25, 0.3) is 0 Å². The van der Waals surface area contributed by atoms with Gasteiger partial charge >= 0.3 is 6.01 Å². The fourth-order valence-electron chi connectivity index (χ4n) is 1.64. The molecule has 1 amide bonds. The summed E-state index contributed by atoms with van der Waals surface area (Å²) in [7, 11) is 0. The predicted molar refractivity (Wildman–Crippen MR) is 70.4 cm³/mol. The molecule has 1 aromatic carbocycles. The molecule has 0 aliphatic rings. The van der Waals surface area contributed by atoms with Crippen molar-refractivity contribution in [2.24, 2.45) is 5.73 Å². The van der Waals surface area contributed by atoms with E-state index in [1.807, 2.05) is 30.3 Å². The van der Waals surface area contributed by atoms with Gasteiger partial charge in [0.1, 0.15) is 0 Å². The second-order valence-corrected chi connectivity index (χ2v) is 4.25. The summed E-state index contributed by atoms with van der Waals surface area (Å²) in [6, 6.07) is 9.36. The lowest BCUT2D eigenvalue weighted by Gasteiger charge is -2.09. The van der Waals surface area contributed by atoms with Crippen molar-refractivity contribution in [1.29, 1.82) is 0 Å². The molecular formula is C13H16N4O2. The summed E-state index contributed by atoms with van der Waals surface area (Å²) in [6.07, 6.45) is 1.31. The molecule has 3 N–H and O–H groups in total. The second kappa shape index (κ2) is 6.10. The molecule has 1 heterocycles. The molecule has 0 aliphatic carbocycles. The molecule has 0 spiro atoms. The number of anilines is 1. The fraction of sp³-hybridized carbons (Fsp3) is 0.308. The number of aromatic nitrogens is 2. The Morgan fingerprint density at radius 2 is 2.11 bits per heavy atom. The van der Waals surface area contributed by atoms with Crippen LogP contribution in [0.25, 0.3) is 0 Å². The molecule has 2 rings (SSSR count). The zero-order valence-electron chi connectivity index (χ0n) is 10.7. The highest BCUT2D eigenvalue weighted by atomic mass is 16.4. The van der Waals surface area contributed by atoms with E-state index in [2.05, 4.69) is 15.5 Å². The Morgan fingerprint density at radius 3 is 2.74 bits per heavy atom. The number of rotatable bonds is 5. The van der Waals surface area contributed by atoms with Gasteiger partial charge in [-0.2, -0.15) is 0 Å². The molecule has 0 saturated heterocycles. The number of nitrogens with zero attached hydrogens (tertiary/aromatic N) is 2. The van der Waals surface area contributed by atoms with Crippen LogP contribution in [0.2, 0.25) is 0 Å². The number of aryl methyl sites for hydroxylation is 2. The van der Waals surface area contributed by atoms with E-state index in [0.29, 0.717) is 12.3 Å². The Hall–Kier alpha value is -2.21. The fourth-order valence-corrected chi connectivity index (χ4v) is 1.64. The van der Waals surface area contributed by atoms with E-state index >= 15 is 0 Å². The minimum atomic E-state index is -0.604. The highest BCUT2D eigenvalue weighted by Crippen LogP contribution is 2.07. The third kappa shape index (κ3) is 3.89. The number of carbonyl (C=O) groups is 1. The highest BCUT2D eigenvalue weighted by molar-refractivity contribution is 5.92. The molecule has 6 nitrogen and oxygen atoms in total. The average Bonchev–Trinajstić information content (AvgIpc) is 2.82. The van der Waals surface area contributed by atoms with Crippen molar-refractivity contribution < 1.29 is 9.21 Å². The van der Waals surface area contributed by atoms with E-state index in [1.165, 1.54) is 0 Å². The van der Waals surface area contributed by atoms with Gasteiger partial charge in [-0.05, 0) is 18.4 Å². The molecule has 100 valence electrons. The summed E-state index contributed by atoms with van der Waals surface area (Å²) >= 11 is 0. The first kappa shape index (κ1) is 13.2. The molecule has 1 unspecified atom stereocenters. The van der Waals surface area contributed by atoms with Gasteiger partial charge in [-0.1, -0.05) is 35.4 Å². The molecule has 1 atom stereocenters. The first-order valence-electron chi connectivity index (χ1n) is 6.05. The molecule has 0 bridgehead atoms. The summed E-state index contributed by atoms with van der Waals surface area (Å²) < 4.78 is 5.06. The molecule has 1 aromatic heterocycles. The van der Waals surface area contributed by atoms with Crippen LogP contribution in [-0.4, -0.2) is 22.1 Å². The topological polar surface area (TPSA) is 94.0 Å². The molecule has 0 fully saturated rings. The monoisotopic (exact) mass is 260 g/mol. The average molecular weight is 260 g/mol. The molecule has 19 heavy (non-hydrogen) atoms. The molecular weight excluding hydrogens is 244 g/mol. The quantitative estimate of drug-likeness (QED) is 0.844. The van der Waals surface area contributed by atoms with Crippen molar-refractivity contribution in [3.05, 3.63) is 41.8 Å². The molecule has 0 saturated carbocycles. The van der Waals surface area contributed by atoms with Crippen molar-refractivity contribution in [3.63, 3.8) is 0 Å². The maximum atomic E-state index is 11.8. The normalized spacial score (nSPS) is 12.1. The van der Waals surface area contributed by atoms with Crippen molar-refractivity contribution in [2.75, 3.05) is 5.32 Å². The standard InChI is InChI=1S/C13H16N4O2/c1-9-16-17-13(19-9)15-12(18)11(14)8-7-10-5-3-2-4-6-10/h2-6,11H,7-8,14H2,1H3,(H,15,17,18). The van der Waals surface area contributed by atoms with Crippen LogP contribution < -0.4 is 11.1 Å². The van der Waals surface area contributed by atoms with Crippen molar-refractivity contribution in [1.82, 2.24) is 10.2 Å². The summed E-state index contributed by atoms with van der Waals surface area (Å²) in [5, 5.41) is 9.80.